The van der Waals surface area contributed by atoms with Gasteiger partial charge in [-0.3, -0.25) is 0 Å². The quantitative estimate of drug-likeness (QED) is 0.805. The molecule has 0 aromatic heterocycles. The summed E-state index contributed by atoms with van der Waals surface area (Å²) in [6.07, 6.45) is 1.96. The molecule has 0 N–H and O–H groups in total. The summed E-state index contributed by atoms with van der Waals surface area (Å²) in [6.45, 7) is 12.5. The highest BCUT2D eigenvalue weighted by molar-refractivity contribution is 5.26. The van der Waals surface area contributed by atoms with E-state index in [1.54, 1.807) is 0 Å². The van der Waals surface area contributed by atoms with Gasteiger partial charge in [0, 0.05) is 17.4 Å². The molecule has 1 saturated heterocycles. The summed E-state index contributed by atoms with van der Waals surface area (Å²) >= 11 is 0. The Morgan fingerprint density at radius 1 is 1.05 bits per heavy atom. The fourth-order valence-electron chi connectivity index (χ4n) is 2.65. The molecule has 1 heterocycles. The molecule has 1 fully saturated rings. The predicted molar refractivity (Wildman–Crippen MR) is 82.6 cm³/mol. The Balaban J connectivity index is 2.16. The molecule has 0 atom stereocenters. The van der Waals surface area contributed by atoms with E-state index in [1.807, 2.05) is 0 Å². The number of hydrogen-bond donors (Lipinski definition) is 0. The summed E-state index contributed by atoms with van der Waals surface area (Å²) in [6, 6.07) is 8.75. The molecule has 0 bridgehead atoms. The van der Waals surface area contributed by atoms with Gasteiger partial charge in [-0.05, 0) is 17.9 Å². The standard InChI is InChI=1S/C18H28O2/c1-6-18(19-12-17(4,5)13-20-18)16-9-7-15(8-10-16)11-14(2)3/h7-10,14H,6,11-13H2,1-5H3. The van der Waals surface area contributed by atoms with Crippen LogP contribution in [0.4, 0.5) is 0 Å². The first-order valence-corrected chi connectivity index (χ1v) is 7.74. The molecule has 20 heavy (non-hydrogen) atoms. The van der Waals surface area contributed by atoms with Crippen molar-refractivity contribution < 1.29 is 9.47 Å². The molecule has 112 valence electrons. The van der Waals surface area contributed by atoms with Gasteiger partial charge in [-0.15, -0.1) is 0 Å². The number of ether oxygens (including phenoxy) is 2. The lowest BCUT2D eigenvalue weighted by atomic mass is 9.92. The van der Waals surface area contributed by atoms with Crippen LogP contribution in [0.1, 0.15) is 52.2 Å². The molecule has 0 saturated carbocycles. The minimum atomic E-state index is -0.550. The van der Waals surface area contributed by atoms with E-state index in [0.29, 0.717) is 5.92 Å². The zero-order valence-electron chi connectivity index (χ0n) is 13.5. The smallest absolute Gasteiger partial charge is 0.194 e. The van der Waals surface area contributed by atoms with E-state index < -0.39 is 5.79 Å². The van der Waals surface area contributed by atoms with E-state index >= 15 is 0 Å². The Bertz CT molecular complexity index is 421. The molecule has 1 aliphatic heterocycles. The lowest BCUT2D eigenvalue weighted by Crippen LogP contribution is -2.45. The fraction of sp³-hybridized carbons (Fsp3) is 0.667. The summed E-state index contributed by atoms with van der Waals surface area (Å²) in [5.41, 5.74) is 2.63. The van der Waals surface area contributed by atoms with Crippen LogP contribution in [0.25, 0.3) is 0 Å². The molecule has 0 aliphatic carbocycles. The van der Waals surface area contributed by atoms with Gasteiger partial charge in [0.05, 0.1) is 13.2 Å². The van der Waals surface area contributed by atoms with Gasteiger partial charge in [-0.25, -0.2) is 0 Å². The maximum Gasteiger partial charge on any atom is 0.194 e. The van der Waals surface area contributed by atoms with Crippen LogP contribution in [0, 0.1) is 11.3 Å². The van der Waals surface area contributed by atoms with Crippen LogP contribution in [-0.2, 0) is 21.7 Å². The molecular weight excluding hydrogens is 248 g/mol. The largest absolute Gasteiger partial charge is 0.345 e. The van der Waals surface area contributed by atoms with Crippen molar-refractivity contribution in [2.45, 2.75) is 53.2 Å². The molecule has 0 unspecified atom stereocenters. The fourth-order valence-corrected chi connectivity index (χ4v) is 2.65. The normalized spacial score (nSPS) is 21.1. The Kier molecular flexibility index (Phi) is 4.55. The van der Waals surface area contributed by atoms with Gasteiger partial charge in [0.15, 0.2) is 5.79 Å². The van der Waals surface area contributed by atoms with E-state index in [4.69, 9.17) is 9.47 Å². The molecule has 2 heteroatoms. The predicted octanol–water partition coefficient (Wildman–Crippen LogP) is 4.52. The Labute approximate surface area is 123 Å². The summed E-state index contributed by atoms with van der Waals surface area (Å²) in [5, 5.41) is 0. The van der Waals surface area contributed by atoms with Gasteiger partial charge in [0.2, 0.25) is 0 Å². The first kappa shape index (κ1) is 15.5. The Hall–Kier alpha value is -0.860. The van der Waals surface area contributed by atoms with E-state index in [1.165, 1.54) is 5.56 Å². The minimum Gasteiger partial charge on any atom is -0.345 e. The first-order chi connectivity index (χ1) is 9.37. The topological polar surface area (TPSA) is 18.5 Å². The van der Waals surface area contributed by atoms with Crippen molar-refractivity contribution in [3.05, 3.63) is 35.4 Å². The van der Waals surface area contributed by atoms with Crippen LogP contribution < -0.4 is 0 Å². The molecule has 0 spiro atoms. The van der Waals surface area contributed by atoms with Gasteiger partial charge >= 0.3 is 0 Å². The van der Waals surface area contributed by atoms with Crippen LogP contribution >= 0.6 is 0 Å². The van der Waals surface area contributed by atoms with Crippen LogP contribution in [0.2, 0.25) is 0 Å². The van der Waals surface area contributed by atoms with E-state index in [9.17, 15) is 0 Å². The molecular formula is C18H28O2. The highest BCUT2D eigenvalue weighted by Crippen LogP contribution is 2.38. The monoisotopic (exact) mass is 276 g/mol. The molecule has 1 aliphatic rings. The molecule has 1 aromatic rings. The summed E-state index contributed by atoms with van der Waals surface area (Å²) < 4.78 is 12.2. The van der Waals surface area contributed by atoms with Crippen molar-refractivity contribution in [1.82, 2.24) is 0 Å². The highest BCUT2D eigenvalue weighted by atomic mass is 16.7. The zero-order chi connectivity index (χ0) is 14.8. The second-order valence-corrected chi connectivity index (χ2v) is 7.14. The number of rotatable bonds is 4. The van der Waals surface area contributed by atoms with Crippen molar-refractivity contribution >= 4 is 0 Å². The van der Waals surface area contributed by atoms with Crippen molar-refractivity contribution in [3.8, 4) is 0 Å². The SMILES string of the molecule is CCC1(c2ccc(CC(C)C)cc2)OCC(C)(C)CO1. The zero-order valence-corrected chi connectivity index (χ0v) is 13.5. The van der Waals surface area contributed by atoms with E-state index in [-0.39, 0.29) is 5.41 Å². The molecule has 0 radical (unpaired) electrons. The second-order valence-electron chi connectivity index (χ2n) is 7.14. The first-order valence-electron chi connectivity index (χ1n) is 7.74. The number of hydrogen-bond acceptors (Lipinski definition) is 2. The van der Waals surface area contributed by atoms with E-state index in [0.717, 1.165) is 31.6 Å². The van der Waals surface area contributed by atoms with Crippen LogP contribution in [0.15, 0.2) is 24.3 Å². The average Bonchev–Trinajstić information content (AvgIpc) is 2.40. The second kappa shape index (κ2) is 5.87. The minimum absolute atomic E-state index is 0.107. The third-order valence-electron chi connectivity index (χ3n) is 3.90. The third kappa shape index (κ3) is 3.42. The van der Waals surface area contributed by atoms with Gasteiger partial charge < -0.3 is 9.47 Å². The highest BCUT2D eigenvalue weighted by Gasteiger charge is 2.40. The average molecular weight is 276 g/mol. The summed E-state index contributed by atoms with van der Waals surface area (Å²) in [7, 11) is 0. The molecule has 2 rings (SSSR count). The lowest BCUT2D eigenvalue weighted by Gasteiger charge is -2.43. The molecule has 1 aromatic carbocycles. The molecule has 0 amide bonds. The van der Waals surface area contributed by atoms with Crippen LogP contribution in [-0.4, -0.2) is 13.2 Å². The molecule has 2 nitrogen and oxygen atoms in total. The van der Waals surface area contributed by atoms with Crippen molar-refractivity contribution in [2.24, 2.45) is 11.3 Å². The Morgan fingerprint density at radius 2 is 1.60 bits per heavy atom. The van der Waals surface area contributed by atoms with Crippen LogP contribution in [0.5, 0.6) is 0 Å². The van der Waals surface area contributed by atoms with Gasteiger partial charge in [-0.2, -0.15) is 0 Å². The lowest BCUT2D eigenvalue weighted by molar-refractivity contribution is -0.309. The third-order valence-corrected chi connectivity index (χ3v) is 3.90. The van der Waals surface area contributed by atoms with Gasteiger partial charge in [-0.1, -0.05) is 58.9 Å². The van der Waals surface area contributed by atoms with Crippen molar-refractivity contribution in [3.63, 3.8) is 0 Å². The van der Waals surface area contributed by atoms with Gasteiger partial charge in [0.1, 0.15) is 0 Å². The van der Waals surface area contributed by atoms with Crippen molar-refractivity contribution in [2.75, 3.05) is 13.2 Å². The van der Waals surface area contributed by atoms with Crippen molar-refractivity contribution in [1.29, 1.82) is 0 Å². The summed E-state index contributed by atoms with van der Waals surface area (Å²) in [4.78, 5) is 0. The maximum atomic E-state index is 6.11. The maximum absolute atomic E-state index is 6.11. The van der Waals surface area contributed by atoms with Crippen LogP contribution in [0.3, 0.4) is 0 Å². The van der Waals surface area contributed by atoms with Gasteiger partial charge in [0.25, 0.3) is 0 Å². The number of benzene rings is 1. The summed E-state index contributed by atoms with van der Waals surface area (Å²) in [5.74, 6) is 0.135. The van der Waals surface area contributed by atoms with E-state index in [2.05, 4.69) is 58.9 Å². The Morgan fingerprint density at radius 3 is 2.05 bits per heavy atom.